The van der Waals surface area contributed by atoms with E-state index in [1.165, 1.54) is 0 Å². The summed E-state index contributed by atoms with van der Waals surface area (Å²) in [5.41, 5.74) is 0.638. The molecule has 0 unspecified atom stereocenters. The second-order valence-corrected chi connectivity index (χ2v) is 4.86. The Morgan fingerprint density at radius 1 is 1.85 bits per heavy atom. The van der Waals surface area contributed by atoms with Gasteiger partial charge in [-0.15, -0.1) is 18.3 Å². The molecule has 1 rings (SSSR count). The Balaban J connectivity index is 2.61. The van der Waals surface area contributed by atoms with Gasteiger partial charge in [-0.2, -0.15) is 0 Å². The van der Waals surface area contributed by atoms with Gasteiger partial charge in [0.25, 0.3) is 5.91 Å². The summed E-state index contributed by atoms with van der Waals surface area (Å²) in [5.74, 6) is 0.610. The zero-order valence-electron chi connectivity index (χ0n) is 7.96. The number of nitrogens with zero attached hydrogens (tertiary/aromatic N) is 1. The quantitative estimate of drug-likeness (QED) is 0.693. The third kappa shape index (κ3) is 2.34. The smallest absolute Gasteiger partial charge is 0.266 e. The van der Waals surface area contributed by atoms with E-state index in [1.54, 1.807) is 17.8 Å². The van der Waals surface area contributed by atoms with E-state index in [2.05, 4.69) is 16.9 Å². The van der Waals surface area contributed by atoms with Crippen molar-refractivity contribution in [3.05, 3.63) is 12.7 Å². The van der Waals surface area contributed by atoms with Crippen molar-refractivity contribution in [2.75, 3.05) is 12.4 Å². The van der Waals surface area contributed by atoms with Crippen molar-refractivity contribution in [1.29, 1.82) is 0 Å². The molecule has 0 atom stereocenters. The van der Waals surface area contributed by atoms with Crippen LogP contribution in [0, 0.1) is 0 Å². The van der Waals surface area contributed by atoms with Gasteiger partial charge in [-0.25, -0.2) is 0 Å². The summed E-state index contributed by atoms with van der Waals surface area (Å²) in [6.45, 7) is 8.06. The minimum atomic E-state index is -0.148. The SMILES string of the molecule is C=CCNC(=O)C1=NCSC1(C)C. The molecule has 1 amide bonds. The fraction of sp³-hybridized carbons (Fsp3) is 0.556. The number of amides is 1. The Kier molecular flexibility index (Phi) is 3.14. The molecule has 0 aromatic heterocycles. The first-order chi connectivity index (χ1) is 6.08. The molecule has 1 aliphatic heterocycles. The molecule has 0 saturated carbocycles. The Morgan fingerprint density at radius 2 is 2.54 bits per heavy atom. The van der Waals surface area contributed by atoms with Gasteiger partial charge in [0.2, 0.25) is 0 Å². The number of carbonyl (C=O) groups is 1. The van der Waals surface area contributed by atoms with E-state index in [1.807, 2.05) is 13.8 Å². The molecule has 4 heteroatoms. The molecule has 0 fully saturated rings. The molecule has 1 N–H and O–H groups in total. The van der Waals surface area contributed by atoms with Crippen molar-refractivity contribution in [3.8, 4) is 0 Å². The molecule has 0 aromatic carbocycles. The molecule has 0 bridgehead atoms. The van der Waals surface area contributed by atoms with Crippen LogP contribution in [0.3, 0.4) is 0 Å². The first-order valence-corrected chi connectivity index (χ1v) is 5.14. The van der Waals surface area contributed by atoms with Crippen LogP contribution >= 0.6 is 11.8 Å². The van der Waals surface area contributed by atoms with Gasteiger partial charge in [0.05, 0.1) is 10.6 Å². The number of hydrogen-bond donors (Lipinski definition) is 1. The number of aliphatic imine (C=N–C) groups is 1. The second-order valence-electron chi connectivity index (χ2n) is 3.29. The fourth-order valence-electron chi connectivity index (χ4n) is 1.11. The summed E-state index contributed by atoms with van der Waals surface area (Å²) in [6.07, 6.45) is 1.66. The minimum absolute atomic E-state index is 0.0742. The highest BCUT2D eigenvalue weighted by atomic mass is 32.2. The lowest BCUT2D eigenvalue weighted by Gasteiger charge is -2.17. The maximum absolute atomic E-state index is 11.5. The van der Waals surface area contributed by atoms with Crippen LogP contribution in [0.5, 0.6) is 0 Å². The second kappa shape index (κ2) is 3.96. The highest BCUT2D eigenvalue weighted by Gasteiger charge is 2.34. The van der Waals surface area contributed by atoms with Crippen LogP contribution in [0.1, 0.15) is 13.8 Å². The summed E-state index contributed by atoms with van der Waals surface area (Å²) < 4.78 is -0.148. The standard InChI is InChI=1S/C9H14N2OS/c1-4-5-10-8(12)7-9(2,3)13-6-11-7/h4H,1,5-6H2,2-3H3,(H,10,12). The molecule has 13 heavy (non-hydrogen) atoms. The van der Waals surface area contributed by atoms with Gasteiger partial charge in [0.15, 0.2) is 0 Å². The monoisotopic (exact) mass is 198 g/mol. The van der Waals surface area contributed by atoms with Crippen molar-refractivity contribution in [3.63, 3.8) is 0 Å². The van der Waals surface area contributed by atoms with E-state index in [9.17, 15) is 4.79 Å². The highest BCUT2D eigenvalue weighted by molar-refractivity contribution is 8.01. The van der Waals surface area contributed by atoms with Crippen molar-refractivity contribution in [2.45, 2.75) is 18.6 Å². The number of nitrogens with one attached hydrogen (secondary N) is 1. The average molecular weight is 198 g/mol. The first-order valence-electron chi connectivity index (χ1n) is 4.16. The first kappa shape index (κ1) is 10.3. The van der Waals surface area contributed by atoms with E-state index in [0.717, 1.165) is 0 Å². The summed E-state index contributed by atoms with van der Waals surface area (Å²) in [6, 6.07) is 0. The molecular weight excluding hydrogens is 184 g/mol. The van der Waals surface area contributed by atoms with E-state index in [0.29, 0.717) is 18.1 Å². The lowest BCUT2D eigenvalue weighted by Crippen LogP contribution is -2.40. The van der Waals surface area contributed by atoms with Gasteiger partial charge in [0, 0.05) is 6.54 Å². The number of carbonyl (C=O) groups excluding carboxylic acids is 1. The van der Waals surface area contributed by atoms with E-state index in [4.69, 9.17) is 0 Å². The summed E-state index contributed by atoms with van der Waals surface area (Å²) in [7, 11) is 0. The normalized spacial score (nSPS) is 19.4. The van der Waals surface area contributed by atoms with Crippen molar-refractivity contribution < 1.29 is 4.79 Å². The summed E-state index contributed by atoms with van der Waals surface area (Å²) in [5, 5.41) is 2.73. The average Bonchev–Trinajstić information content (AvgIpc) is 2.41. The van der Waals surface area contributed by atoms with Crippen LogP contribution in [0.25, 0.3) is 0 Å². The lowest BCUT2D eigenvalue weighted by atomic mass is 10.1. The van der Waals surface area contributed by atoms with Crippen molar-refractivity contribution in [2.24, 2.45) is 4.99 Å². The minimum Gasteiger partial charge on any atom is -0.347 e. The molecule has 1 heterocycles. The third-order valence-corrected chi connectivity index (χ3v) is 3.01. The van der Waals surface area contributed by atoms with Crippen LogP contribution in [0.15, 0.2) is 17.6 Å². The molecule has 0 saturated heterocycles. The topological polar surface area (TPSA) is 41.5 Å². The fourth-order valence-corrected chi connectivity index (χ4v) is 1.92. The molecular formula is C9H14N2OS. The van der Waals surface area contributed by atoms with Crippen LogP contribution in [-0.2, 0) is 4.79 Å². The Morgan fingerprint density at radius 3 is 3.00 bits per heavy atom. The molecule has 0 aromatic rings. The number of thioether (sulfide) groups is 1. The van der Waals surface area contributed by atoms with E-state index >= 15 is 0 Å². The third-order valence-electron chi connectivity index (χ3n) is 1.84. The zero-order valence-corrected chi connectivity index (χ0v) is 8.78. The number of hydrogen-bond acceptors (Lipinski definition) is 3. The van der Waals surface area contributed by atoms with Gasteiger partial charge >= 0.3 is 0 Å². The summed E-state index contributed by atoms with van der Waals surface area (Å²) >= 11 is 1.68. The predicted molar refractivity (Wildman–Crippen MR) is 57.2 cm³/mol. The Bertz CT molecular complexity index is 258. The largest absolute Gasteiger partial charge is 0.347 e. The van der Waals surface area contributed by atoms with Crippen molar-refractivity contribution >= 4 is 23.4 Å². The molecule has 72 valence electrons. The van der Waals surface area contributed by atoms with Crippen LogP contribution in [0.2, 0.25) is 0 Å². The molecule has 0 aliphatic carbocycles. The van der Waals surface area contributed by atoms with Crippen molar-refractivity contribution in [1.82, 2.24) is 5.32 Å². The van der Waals surface area contributed by atoms with Crippen LogP contribution in [0.4, 0.5) is 0 Å². The highest BCUT2D eigenvalue weighted by Crippen LogP contribution is 2.31. The number of rotatable bonds is 3. The van der Waals surface area contributed by atoms with Crippen LogP contribution < -0.4 is 5.32 Å². The Hall–Kier alpha value is -0.770. The van der Waals surface area contributed by atoms with Gasteiger partial charge in [-0.1, -0.05) is 6.08 Å². The maximum Gasteiger partial charge on any atom is 0.266 e. The molecule has 1 aliphatic rings. The molecule has 3 nitrogen and oxygen atoms in total. The van der Waals surface area contributed by atoms with E-state index < -0.39 is 0 Å². The maximum atomic E-state index is 11.5. The molecule has 0 spiro atoms. The summed E-state index contributed by atoms with van der Waals surface area (Å²) in [4.78, 5) is 15.7. The van der Waals surface area contributed by atoms with Gasteiger partial charge in [-0.05, 0) is 13.8 Å². The van der Waals surface area contributed by atoms with E-state index in [-0.39, 0.29) is 10.7 Å². The van der Waals surface area contributed by atoms with Crippen LogP contribution in [-0.4, -0.2) is 28.8 Å². The predicted octanol–water partition coefficient (Wildman–Crippen LogP) is 1.21. The van der Waals surface area contributed by atoms with Gasteiger partial charge in [-0.3, -0.25) is 9.79 Å². The Labute approximate surface area is 82.7 Å². The van der Waals surface area contributed by atoms with Gasteiger partial charge in [0.1, 0.15) is 5.71 Å². The van der Waals surface area contributed by atoms with Gasteiger partial charge < -0.3 is 5.32 Å². The molecule has 0 radical (unpaired) electrons. The lowest BCUT2D eigenvalue weighted by molar-refractivity contribution is -0.114. The zero-order chi connectivity index (χ0) is 9.90.